The Labute approximate surface area is 145 Å². The molecule has 2 aromatic rings. The van der Waals surface area contributed by atoms with E-state index >= 15 is 0 Å². The van der Waals surface area contributed by atoms with Crippen molar-refractivity contribution in [3.8, 4) is 0 Å². The lowest BCUT2D eigenvalue weighted by Crippen LogP contribution is -2.43. The summed E-state index contributed by atoms with van der Waals surface area (Å²) in [5, 5.41) is 3.23. The van der Waals surface area contributed by atoms with E-state index in [-0.39, 0.29) is 11.3 Å². The zero-order valence-electron chi connectivity index (χ0n) is 13.2. The Morgan fingerprint density at radius 1 is 1.30 bits per heavy atom. The predicted octanol–water partition coefficient (Wildman–Crippen LogP) is 4.22. The van der Waals surface area contributed by atoms with Crippen molar-refractivity contribution in [2.45, 2.75) is 48.8 Å². The molecule has 4 rings (SSSR count). The quantitative estimate of drug-likeness (QED) is 0.818. The van der Waals surface area contributed by atoms with E-state index in [2.05, 4.69) is 39.5 Å². The number of thioether (sulfide) groups is 1. The van der Waals surface area contributed by atoms with Crippen molar-refractivity contribution in [1.82, 2.24) is 9.88 Å². The van der Waals surface area contributed by atoms with E-state index < -0.39 is 0 Å². The molecule has 3 heterocycles. The van der Waals surface area contributed by atoms with Crippen LogP contribution in [0.25, 0.3) is 0 Å². The molecule has 2 unspecified atom stereocenters. The summed E-state index contributed by atoms with van der Waals surface area (Å²) < 4.78 is 0. The van der Waals surface area contributed by atoms with Gasteiger partial charge in [0.2, 0.25) is 5.91 Å². The number of fused-ring (bicyclic) bond motifs is 1. The number of rotatable bonds is 2. The molecule has 2 aliphatic rings. The minimum absolute atomic E-state index is 0.0362. The number of benzene rings is 1. The first-order chi connectivity index (χ1) is 11.2. The highest BCUT2D eigenvalue weighted by molar-refractivity contribution is 8.01. The Kier molecular flexibility index (Phi) is 4.16. The minimum atomic E-state index is 0.0362. The number of carbonyl (C=O) groups excluding carboxylic acids is 1. The Balaban J connectivity index is 1.55. The molecule has 0 radical (unpaired) electrons. The van der Waals surface area contributed by atoms with Crippen molar-refractivity contribution >= 4 is 29.0 Å². The molecule has 1 aromatic heterocycles. The van der Waals surface area contributed by atoms with Crippen LogP contribution in [-0.4, -0.2) is 27.6 Å². The average molecular weight is 345 g/mol. The van der Waals surface area contributed by atoms with Gasteiger partial charge in [0.1, 0.15) is 5.01 Å². The van der Waals surface area contributed by atoms with Crippen molar-refractivity contribution in [3.63, 3.8) is 0 Å². The summed E-state index contributed by atoms with van der Waals surface area (Å²) in [6, 6.07) is 8.58. The molecule has 0 N–H and O–H groups in total. The Bertz CT molecular complexity index is 702. The molecule has 3 nitrogen and oxygen atoms in total. The molecule has 0 bridgehead atoms. The van der Waals surface area contributed by atoms with Gasteiger partial charge in [-0.25, -0.2) is 4.98 Å². The van der Waals surface area contributed by atoms with E-state index in [0.717, 1.165) is 36.5 Å². The van der Waals surface area contributed by atoms with Gasteiger partial charge in [-0.1, -0.05) is 18.2 Å². The van der Waals surface area contributed by atoms with Crippen LogP contribution in [0.1, 0.15) is 41.6 Å². The lowest BCUT2D eigenvalue weighted by molar-refractivity contribution is -0.134. The molecule has 1 aromatic carbocycles. The van der Waals surface area contributed by atoms with Crippen LogP contribution in [0.5, 0.6) is 0 Å². The fourth-order valence-electron chi connectivity index (χ4n) is 3.48. The molecular formula is C18H20N2OS2. The third kappa shape index (κ3) is 2.92. The Morgan fingerprint density at radius 2 is 2.17 bits per heavy atom. The molecule has 2 atom stereocenters. The molecule has 1 fully saturated rings. The average Bonchev–Trinajstić information content (AvgIpc) is 3.20. The Morgan fingerprint density at radius 3 is 2.96 bits per heavy atom. The van der Waals surface area contributed by atoms with Crippen LogP contribution in [0, 0.1) is 6.92 Å². The first-order valence-corrected chi connectivity index (χ1v) is 9.95. The summed E-state index contributed by atoms with van der Waals surface area (Å²) in [5.74, 6) is 0.295. The summed E-state index contributed by atoms with van der Waals surface area (Å²) in [5.41, 5.74) is 2.38. The number of thiazole rings is 1. The molecule has 1 saturated heterocycles. The Hall–Kier alpha value is -1.33. The van der Waals surface area contributed by atoms with Gasteiger partial charge in [-0.2, -0.15) is 0 Å². The summed E-state index contributed by atoms with van der Waals surface area (Å²) in [6.07, 6.45) is 4.20. The minimum Gasteiger partial charge on any atom is -0.332 e. The van der Waals surface area contributed by atoms with E-state index in [1.165, 1.54) is 16.9 Å². The number of hydrogen-bond donors (Lipinski definition) is 0. The van der Waals surface area contributed by atoms with E-state index in [1.807, 2.05) is 6.92 Å². The van der Waals surface area contributed by atoms with Crippen molar-refractivity contribution in [2.75, 3.05) is 6.54 Å². The predicted molar refractivity (Wildman–Crippen MR) is 94.9 cm³/mol. The van der Waals surface area contributed by atoms with Crippen LogP contribution in [-0.2, 0) is 11.2 Å². The highest BCUT2D eigenvalue weighted by Gasteiger charge is 2.36. The zero-order valence-corrected chi connectivity index (χ0v) is 14.8. The van der Waals surface area contributed by atoms with Gasteiger partial charge in [0.15, 0.2) is 0 Å². The van der Waals surface area contributed by atoms with Gasteiger partial charge in [0, 0.05) is 22.5 Å². The summed E-state index contributed by atoms with van der Waals surface area (Å²) in [7, 11) is 0. The lowest BCUT2D eigenvalue weighted by Gasteiger charge is -2.36. The fraction of sp³-hybridized carbons (Fsp3) is 0.444. The smallest absolute Gasteiger partial charge is 0.236 e. The lowest BCUT2D eigenvalue weighted by atomic mass is 10.0. The van der Waals surface area contributed by atoms with Gasteiger partial charge in [-0.3, -0.25) is 4.79 Å². The number of aromatic nitrogens is 1. The number of aryl methyl sites for hydroxylation is 1. The van der Waals surface area contributed by atoms with Crippen molar-refractivity contribution < 1.29 is 4.79 Å². The van der Waals surface area contributed by atoms with Crippen molar-refractivity contribution in [1.29, 1.82) is 0 Å². The van der Waals surface area contributed by atoms with Gasteiger partial charge >= 0.3 is 0 Å². The second-order valence-corrected chi connectivity index (χ2v) is 8.42. The molecule has 2 aliphatic heterocycles. The highest BCUT2D eigenvalue weighted by Crippen LogP contribution is 2.40. The third-order valence-corrected chi connectivity index (χ3v) is 7.00. The van der Waals surface area contributed by atoms with Gasteiger partial charge in [-0.05, 0) is 44.2 Å². The maximum atomic E-state index is 13.1. The van der Waals surface area contributed by atoms with E-state index in [4.69, 9.17) is 0 Å². The van der Waals surface area contributed by atoms with Crippen LogP contribution in [0.2, 0.25) is 0 Å². The number of piperidine rings is 1. The van der Waals surface area contributed by atoms with Gasteiger partial charge < -0.3 is 4.90 Å². The molecule has 0 saturated carbocycles. The van der Waals surface area contributed by atoms with Crippen molar-refractivity contribution in [3.05, 3.63) is 45.9 Å². The van der Waals surface area contributed by atoms with Gasteiger partial charge in [0.25, 0.3) is 0 Å². The first-order valence-electron chi connectivity index (χ1n) is 8.19. The maximum Gasteiger partial charge on any atom is 0.236 e. The normalized spacial score (nSPS) is 23.8. The van der Waals surface area contributed by atoms with E-state index in [9.17, 15) is 4.79 Å². The van der Waals surface area contributed by atoms with Gasteiger partial charge in [0.05, 0.1) is 11.3 Å². The van der Waals surface area contributed by atoms with Crippen LogP contribution in [0.15, 0.2) is 34.5 Å². The molecule has 0 spiro atoms. The molecule has 0 aliphatic carbocycles. The summed E-state index contributed by atoms with van der Waals surface area (Å²) in [4.78, 5) is 21.2. The molecular weight excluding hydrogens is 324 g/mol. The number of amides is 1. The van der Waals surface area contributed by atoms with Crippen LogP contribution >= 0.6 is 23.1 Å². The number of likely N-dealkylation sites (tertiary alicyclic amines) is 1. The molecule has 5 heteroatoms. The molecule has 1 amide bonds. The third-order valence-electron chi connectivity index (χ3n) is 4.63. The first kappa shape index (κ1) is 15.2. The molecule has 120 valence electrons. The summed E-state index contributed by atoms with van der Waals surface area (Å²) >= 11 is 3.43. The van der Waals surface area contributed by atoms with Crippen LogP contribution in [0.4, 0.5) is 0 Å². The zero-order chi connectivity index (χ0) is 15.8. The monoisotopic (exact) mass is 344 g/mol. The number of nitrogens with zero attached hydrogens (tertiary/aromatic N) is 2. The number of carbonyl (C=O) groups is 1. The highest BCUT2D eigenvalue weighted by atomic mass is 32.2. The molecule has 23 heavy (non-hydrogen) atoms. The number of hydrogen-bond acceptors (Lipinski definition) is 4. The van der Waals surface area contributed by atoms with Gasteiger partial charge in [-0.15, -0.1) is 23.1 Å². The largest absolute Gasteiger partial charge is 0.332 e. The maximum absolute atomic E-state index is 13.1. The topological polar surface area (TPSA) is 33.2 Å². The SMILES string of the molecule is Cc1csc(C2CCCCN2C(=O)C2Cc3ccccc3S2)n1. The van der Waals surface area contributed by atoms with Crippen LogP contribution < -0.4 is 0 Å². The second kappa shape index (κ2) is 6.29. The van der Waals surface area contributed by atoms with E-state index in [0.29, 0.717) is 5.91 Å². The van der Waals surface area contributed by atoms with Crippen molar-refractivity contribution in [2.24, 2.45) is 0 Å². The van der Waals surface area contributed by atoms with E-state index in [1.54, 1.807) is 23.1 Å². The van der Waals surface area contributed by atoms with Crippen LogP contribution in [0.3, 0.4) is 0 Å². The second-order valence-electron chi connectivity index (χ2n) is 6.29. The summed E-state index contributed by atoms with van der Waals surface area (Å²) in [6.45, 7) is 2.90. The standard InChI is InChI=1S/C18H20N2OS2/c1-12-11-22-17(19-12)14-7-4-5-9-20(14)18(21)16-10-13-6-2-3-8-15(13)23-16/h2-3,6,8,11,14,16H,4-5,7,9-10H2,1H3. The fourth-order valence-corrected chi connectivity index (χ4v) is 5.69.